The third-order valence-electron chi connectivity index (χ3n) is 1.55. The van der Waals surface area contributed by atoms with Crippen LogP contribution in [0, 0.1) is 5.41 Å². The summed E-state index contributed by atoms with van der Waals surface area (Å²) in [5, 5.41) is 0. The van der Waals surface area contributed by atoms with Crippen molar-refractivity contribution in [3.05, 3.63) is 12.7 Å². The second-order valence-corrected chi connectivity index (χ2v) is 5.10. The van der Waals surface area contributed by atoms with E-state index in [1.807, 2.05) is 0 Å². The van der Waals surface area contributed by atoms with Crippen LogP contribution in [-0.2, 0) is 4.74 Å². The highest BCUT2D eigenvalue weighted by molar-refractivity contribution is 4.78. The predicted molar refractivity (Wildman–Crippen MR) is 54.3 cm³/mol. The van der Waals surface area contributed by atoms with Crippen molar-refractivity contribution in [2.45, 2.75) is 46.6 Å². The Kier molecular flexibility index (Phi) is 3.98. The molecule has 0 aliphatic carbocycles. The summed E-state index contributed by atoms with van der Waals surface area (Å²) >= 11 is 0. The van der Waals surface area contributed by atoms with Crippen LogP contribution < -0.4 is 0 Å². The van der Waals surface area contributed by atoms with Crippen LogP contribution in [0.3, 0.4) is 0 Å². The number of rotatable bonds is 4. The Bertz CT molecular complexity index is 140. The van der Waals surface area contributed by atoms with Gasteiger partial charge in [-0.15, -0.1) is 6.58 Å². The van der Waals surface area contributed by atoms with E-state index in [4.69, 9.17) is 4.74 Å². The Morgan fingerprint density at radius 1 is 1.17 bits per heavy atom. The molecule has 0 bridgehead atoms. The molecule has 1 nitrogen and oxygen atoms in total. The first kappa shape index (κ1) is 11.7. The summed E-state index contributed by atoms with van der Waals surface area (Å²) in [4.78, 5) is 0. The molecule has 0 rings (SSSR count). The lowest BCUT2D eigenvalue weighted by molar-refractivity contribution is -0.0290. The van der Waals surface area contributed by atoms with Gasteiger partial charge in [-0.1, -0.05) is 26.8 Å². The molecule has 72 valence electrons. The van der Waals surface area contributed by atoms with Crippen LogP contribution in [0.25, 0.3) is 0 Å². The molecule has 0 saturated heterocycles. The Labute approximate surface area is 76.8 Å². The molecule has 0 aromatic carbocycles. The lowest BCUT2D eigenvalue weighted by Crippen LogP contribution is -2.30. The van der Waals surface area contributed by atoms with Crippen molar-refractivity contribution in [1.29, 1.82) is 0 Å². The van der Waals surface area contributed by atoms with Crippen LogP contribution in [0.15, 0.2) is 12.7 Å². The molecule has 0 aromatic heterocycles. The van der Waals surface area contributed by atoms with E-state index >= 15 is 0 Å². The average Bonchev–Trinajstić information content (AvgIpc) is 1.78. The zero-order valence-electron chi connectivity index (χ0n) is 9.11. The van der Waals surface area contributed by atoms with Crippen LogP contribution in [-0.4, -0.2) is 12.2 Å². The molecule has 0 saturated carbocycles. The van der Waals surface area contributed by atoms with Crippen LogP contribution in [0.4, 0.5) is 0 Å². The van der Waals surface area contributed by atoms with Gasteiger partial charge < -0.3 is 4.74 Å². The Balaban J connectivity index is 3.94. The van der Waals surface area contributed by atoms with E-state index in [9.17, 15) is 0 Å². The number of ether oxygens (including phenoxy) is 1. The molecule has 0 heterocycles. The van der Waals surface area contributed by atoms with Crippen molar-refractivity contribution < 1.29 is 4.74 Å². The molecule has 0 unspecified atom stereocenters. The van der Waals surface area contributed by atoms with E-state index in [2.05, 4.69) is 41.2 Å². The van der Waals surface area contributed by atoms with Crippen molar-refractivity contribution in [2.24, 2.45) is 5.41 Å². The number of hydrogen-bond donors (Lipinski definition) is 0. The summed E-state index contributed by atoms with van der Waals surface area (Å²) in [5.74, 6) is 0. The molecule has 0 fully saturated rings. The first-order valence-electron chi connectivity index (χ1n) is 4.52. The lowest BCUT2D eigenvalue weighted by atomic mass is 9.84. The molecular formula is C11H22O. The topological polar surface area (TPSA) is 9.23 Å². The summed E-state index contributed by atoms with van der Waals surface area (Å²) in [6, 6.07) is 0. The summed E-state index contributed by atoms with van der Waals surface area (Å²) in [6.45, 7) is 15.2. The maximum atomic E-state index is 5.64. The highest BCUT2D eigenvalue weighted by atomic mass is 16.5. The van der Waals surface area contributed by atoms with Gasteiger partial charge in [0.15, 0.2) is 0 Å². The highest BCUT2D eigenvalue weighted by Gasteiger charge is 2.25. The quantitative estimate of drug-likeness (QED) is 0.587. The minimum Gasteiger partial charge on any atom is -0.372 e. The Morgan fingerprint density at radius 2 is 1.67 bits per heavy atom. The van der Waals surface area contributed by atoms with E-state index in [-0.39, 0.29) is 5.60 Å². The molecule has 12 heavy (non-hydrogen) atoms. The van der Waals surface area contributed by atoms with Crippen molar-refractivity contribution in [2.75, 3.05) is 6.61 Å². The van der Waals surface area contributed by atoms with Gasteiger partial charge >= 0.3 is 0 Å². The summed E-state index contributed by atoms with van der Waals surface area (Å²) in [6.07, 6.45) is 2.86. The van der Waals surface area contributed by atoms with E-state index in [1.54, 1.807) is 6.08 Å². The van der Waals surface area contributed by atoms with Gasteiger partial charge in [0.05, 0.1) is 12.2 Å². The fourth-order valence-electron chi connectivity index (χ4n) is 1.61. The van der Waals surface area contributed by atoms with Gasteiger partial charge in [-0.25, -0.2) is 0 Å². The molecule has 0 aliphatic rings. The van der Waals surface area contributed by atoms with Crippen LogP contribution in [0.1, 0.15) is 41.0 Å². The second kappa shape index (κ2) is 4.08. The summed E-state index contributed by atoms with van der Waals surface area (Å²) in [7, 11) is 0. The largest absolute Gasteiger partial charge is 0.372 e. The van der Waals surface area contributed by atoms with Gasteiger partial charge in [-0.05, 0) is 25.7 Å². The normalized spacial score (nSPS) is 13.1. The zero-order valence-corrected chi connectivity index (χ0v) is 9.11. The van der Waals surface area contributed by atoms with Crippen molar-refractivity contribution >= 4 is 0 Å². The number of hydrogen-bond acceptors (Lipinski definition) is 1. The molecule has 0 N–H and O–H groups in total. The lowest BCUT2D eigenvalue weighted by Gasteiger charge is -2.32. The molecule has 0 atom stereocenters. The first-order valence-corrected chi connectivity index (χ1v) is 4.52. The van der Waals surface area contributed by atoms with Gasteiger partial charge in [-0.2, -0.15) is 0 Å². The fourth-order valence-corrected chi connectivity index (χ4v) is 1.61. The predicted octanol–water partition coefficient (Wildman–Crippen LogP) is 3.40. The molecule has 0 radical (unpaired) electrons. The van der Waals surface area contributed by atoms with E-state index in [0.29, 0.717) is 12.0 Å². The van der Waals surface area contributed by atoms with Gasteiger partial charge in [0.25, 0.3) is 0 Å². The Hall–Kier alpha value is -0.300. The average molecular weight is 170 g/mol. The SMILES string of the molecule is C=CCOC(C)(C)CC(C)(C)C. The van der Waals surface area contributed by atoms with Crippen LogP contribution in [0.5, 0.6) is 0 Å². The van der Waals surface area contributed by atoms with Gasteiger partial charge in [-0.3, -0.25) is 0 Å². The monoisotopic (exact) mass is 170 g/mol. The van der Waals surface area contributed by atoms with Crippen molar-refractivity contribution in [3.8, 4) is 0 Å². The molecular weight excluding hydrogens is 148 g/mol. The standard InChI is InChI=1S/C11H22O/c1-7-8-12-11(5,6)9-10(2,3)4/h7H,1,8-9H2,2-6H3. The van der Waals surface area contributed by atoms with E-state index in [0.717, 1.165) is 6.42 Å². The third kappa shape index (κ3) is 6.41. The van der Waals surface area contributed by atoms with Gasteiger partial charge in [0, 0.05) is 0 Å². The van der Waals surface area contributed by atoms with Crippen LogP contribution in [0.2, 0.25) is 0 Å². The molecule has 0 aliphatic heterocycles. The van der Waals surface area contributed by atoms with E-state index < -0.39 is 0 Å². The minimum atomic E-state index is -0.0353. The highest BCUT2D eigenvalue weighted by Crippen LogP contribution is 2.29. The third-order valence-corrected chi connectivity index (χ3v) is 1.55. The summed E-state index contributed by atoms with van der Waals surface area (Å²) in [5.41, 5.74) is 0.289. The minimum absolute atomic E-state index is 0.0353. The first-order chi connectivity index (χ1) is 5.27. The summed E-state index contributed by atoms with van der Waals surface area (Å²) < 4.78 is 5.64. The Morgan fingerprint density at radius 3 is 2.00 bits per heavy atom. The molecule has 0 spiro atoms. The maximum Gasteiger partial charge on any atom is 0.0652 e. The smallest absolute Gasteiger partial charge is 0.0652 e. The van der Waals surface area contributed by atoms with E-state index in [1.165, 1.54) is 0 Å². The van der Waals surface area contributed by atoms with Crippen molar-refractivity contribution in [1.82, 2.24) is 0 Å². The zero-order chi connectivity index (χ0) is 9.83. The molecule has 0 amide bonds. The second-order valence-electron chi connectivity index (χ2n) is 5.10. The van der Waals surface area contributed by atoms with Gasteiger partial charge in [0.1, 0.15) is 0 Å². The van der Waals surface area contributed by atoms with Crippen molar-refractivity contribution in [3.63, 3.8) is 0 Å². The molecule has 0 aromatic rings. The fraction of sp³-hybridized carbons (Fsp3) is 0.818. The van der Waals surface area contributed by atoms with Gasteiger partial charge in [0.2, 0.25) is 0 Å². The molecule has 1 heteroatoms. The maximum absolute atomic E-state index is 5.64. The van der Waals surface area contributed by atoms with Crippen LogP contribution >= 0.6 is 0 Å².